The van der Waals surface area contributed by atoms with Crippen molar-refractivity contribution in [2.45, 2.75) is 44.9 Å². The summed E-state index contributed by atoms with van der Waals surface area (Å²) in [5, 5.41) is 17.5. The van der Waals surface area contributed by atoms with Gasteiger partial charge in [-0.2, -0.15) is 0 Å². The van der Waals surface area contributed by atoms with Gasteiger partial charge in [0.2, 0.25) is 0 Å². The quantitative estimate of drug-likeness (QED) is 0.385. The largest absolute Gasteiger partial charge is 0.388 e. The molecule has 5 nitrogen and oxygen atoms in total. The van der Waals surface area contributed by atoms with Crippen molar-refractivity contribution >= 4 is 34.2 Å². The van der Waals surface area contributed by atoms with Crippen LogP contribution in [0.15, 0.2) is 61.2 Å². The summed E-state index contributed by atoms with van der Waals surface area (Å²) in [7, 11) is 0. The molecular weight excluding hydrogens is 384 g/mol. The molecule has 0 aliphatic rings. The topological polar surface area (TPSA) is 73.8 Å². The highest BCUT2D eigenvalue weighted by atomic mass is 35.5. The van der Waals surface area contributed by atoms with Gasteiger partial charge in [-0.1, -0.05) is 12.1 Å². The van der Waals surface area contributed by atoms with Crippen molar-refractivity contribution in [1.82, 2.24) is 20.3 Å². The third-order valence-electron chi connectivity index (χ3n) is 5.32. The van der Waals surface area contributed by atoms with Gasteiger partial charge in [0.25, 0.3) is 0 Å². The molecule has 0 bridgehead atoms. The maximum atomic E-state index is 10.6. The summed E-state index contributed by atoms with van der Waals surface area (Å²) in [5.41, 5.74) is 3.05. The fourth-order valence-corrected chi connectivity index (χ4v) is 3.66. The van der Waals surface area contributed by atoms with Crippen LogP contribution in [0.2, 0.25) is 0 Å². The van der Waals surface area contributed by atoms with Gasteiger partial charge in [0.05, 0.1) is 6.10 Å². The maximum Gasteiger partial charge on any atom is 0.137 e. The van der Waals surface area contributed by atoms with Gasteiger partial charge in [-0.05, 0) is 61.4 Å². The number of aromatic nitrogens is 3. The smallest absolute Gasteiger partial charge is 0.137 e. The number of aliphatic hydroxyl groups is 1. The van der Waals surface area contributed by atoms with E-state index in [1.807, 2.05) is 36.8 Å². The molecule has 6 heteroatoms. The second kappa shape index (κ2) is 9.83. The highest BCUT2D eigenvalue weighted by Crippen LogP contribution is 2.26. The minimum atomic E-state index is -0.459. The van der Waals surface area contributed by atoms with Crippen molar-refractivity contribution < 1.29 is 5.11 Å². The lowest BCUT2D eigenvalue weighted by Gasteiger charge is -2.15. The fourth-order valence-electron chi connectivity index (χ4n) is 3.66. The zero-order chi connectivity index (χ0) is 19.3. The molecule has 1 aromatic carbocycles. The van der Waals surface area contributed by atoms with Crippen molar-refractivity contribution in [3.63, 3.8) is 0 Å². The van der Waals surface area contributed by atoms with E-state index in [-0.39, 0.29) is 12.4 Å². The number of benzene rings is 1. The third kappa shape index (κ3) is 5.12. The second-order valence-corrected chi connectivity index (χ2v) is 7.43. The average molecular weight is 411 g/mol. The number of halogens is 1. The molecule has 1 unspecified atom stereocenters. The third-order valence-corrected chi connectivity index (χ3v) is 5.32. The second-order valence-electron chi connectivity index (χ2n) is 7.43. The Kier molecular flexibility index (Phi) is 7.20. The van der Waals surface area contributed by atoms with Crippen molar-refractivity contribution in [2.75, 3.05) is 0 Å². The van der Waals surface area contributed by atoms with E-state index in [0.29, 0.717) is 6.04 Å². The summed E-state index contributed by atoms with van der Waals surface area (Å²) in [4.78, 5) is 11.6. The van der Waals surface area contributed by atoms with Crippen LogP contribution >= 0.6 is 12.4 Å². The van der Waals surface area contributed by atoms with Gasteiger partial charge in [0, 0.05) is 53.7 Å². The predicted molar refractivity (Wildman–Crippen MR) is 120 cm³/mol. The molecule has 0 saturated heterocycles. The number of pyridine rings is 2. The molecule has 3 N–H and O–H groups in total. The minimum Gasteiger partial charge on any atom is -0.388 e. The Bertz CT molecular complexity index is 1060. The number of nitrogens with one attached hydrogen (secondary N) is 2. The monoisotopic (exact) mass is 410 g/mol. The minimum absolute atomic E-state index is 0. The Morgan fingerprint density at radius 1 is 1.10 bits per heavy atom. The number of rotatable bonds is 8. The maximum absolute atomic E-state index is 10.6. The first-order valence-electron chi connectivity index (χ1n) is 9.87. The van der Waals surface area contributed by atoms with E-state index in [1.54, 1.807) is 6.20 Å². The molecule has 3 aromatic heterocycles. The molecule has 0 spiro atoms. The van der Waals surface area contributed by atoms with Gasteiger partial charge in [0.15, 0.2) is 0 Å². The molecule has 2 atom stereocenters. The Hall–Kier alpha value is -2.47. The first-order chi connectivity index (χ1) is 13.7. The molecule has 0 radical (unpaired) electrons. The number of aromatic amines is 1. The average Bonchev–Trinajstić information content (AvgIpc) is 3.16. The number of aliphatic hydroxyl groups excluding tert-OH is 1. The van der Waals surface area contributed by atoms with Crippen LogP contribution < -0.4 is 5.32 Å². The lowest BCUT2D eigenvalue weighted by atomic mass is 10.0. The lowest BCUT2D eigenvalue weighted by Crippen LogP contribution is -2.25. The van der Waals surface area contributed by atoms with E-state index >= 15 is 0 Å². The van der Waals surface area contributed by atoms with E-state index < -0.39 is 6.10 Å². The van der Waals surface area contributed by atoms with Gasteiger partial charge in [0.1, 0.15) is 5.65 Å². The first kappa shape index (κ1) is 21.2. The van der Waals surface area contributed by atoms with E-state index in [0.717, 1.165) is 42.4 Å². The van der Waals surface area contributed by atoms with Crippen LogP contribution in [0.5, 0.6) is 0 Å². The van der Waals surface area contributed by atoms with E-state index in [1.165, 1.54) is 16.3 Å². The SMILES string of the molecule is C[C@H](CCCC(O)c1c[nH]c2ncccc12)NCc1ccc2cnccc2c1.Cl. The molecule has 0 aliphatic carbocycles. The predicted octanol–water partition coefficient (Wildman–Crippen LogP) is 4.91. The fraction of sp³-hybridized carbons (Fsp3) is 0.304. The Morgan fingerprint density at radius 3 is 2.90 bits per heavy atom. The van der Waals surface area contributed by atoms with Crippen LogP contribution in [-0.2, 0) is 6.54 Å². The number of H-pyrrole nitrogens is 1. The van der Waals surface area contributed by atoms with E-state index in [2.05, 4.69) is 45.4 Å². The normalized spacial score (nSPS) is 13.3. The lowest BCUT2D eigenvalue weighted by molar-refractivity contribution is 0.164. The van der Waals surface area contributed by atoms with Gasteiger partial charge >= 0.3 is 0 Å². The van der Waals surface area contributed by atoms with Gasteiger partial charge < -0.3 is 15.4 Å². The summed E-state index contributed by atoms with van der Waals surface area (Å²) >= 11 is 0. The van der Waals surface area contributed by atoms with Gasteiger partial charge in [-0.15, -0.1) is 12.4 Å². The zero-order valence-corrected chi connectivity index (χ0v) is 17.3. The molecule has 3 heterocycles. The van der Waals surface area contributed by atoms with Crippen molar-refractivity contribution in [3.05, 3.63) is 72.3 Å². The van der Waals surface area contributed by atoms with Crippen LogP contribution in [0.3, 0.4) is 0 Å². The summed E-state index contributed by atoms with van der Waals surface area (Å²) < 4.78 is 0. The highest BCUT2D eigenvalue weighted by Gasteiger charge is 2.13. The summed E-state index contributed by atoms with van der Waals surface area (Å²) in [6.07, 6.45) is 9.63. The van der Waals surface area contributed by atoms with E-state index in [4.69, 9.17) is 0 Å². The number of fused-ring (bicyclic) bond motifs is 2. The number of hydrogen-bond acceptors (Lipinski definition) is 4. The molecule has 0 aliphatic heterocycles. The van der Waals surface area contributed by atoms with Crippen LogP contribution in [0.1, 0.15) is 43.4 Å². The van der Waals surface area contributed by atoms with Crippen molar-refractivity contribution in [1.29, 1.82) is 0 Å². The highest BCUT2D eigenvalue weighted by molar-refractivity contribution is 5.85. The molecule has 29 heavy (non-hydrogen) atoms. The van der Waals surface area contributed by atoms with E-state index in [9.17, 15) is 5.11 Å². The molecule has 4 aromatic rings. The van der Waals surface area contributed by atoms with Crippen LogP contribution in [0.25, 0.3) is 21.8 Å². The first-order valence-corrected chi connectivity index (χ1v) is 9.87. The van der Waals surface area contributed by atoms with Crippen molar-refractivity contribution in [3.8, 4) is 0 Å². The van der Waals surface area contributed by atoms with Gasteiger partial charge in [-0.25, -0.2) is 4.98 Å². The summed E-state index contributed by atoms with van der Waals surface area (Å²) in [5.74, 6) is 0. The summed E-state index contributed by atoms with van der Waals surface area (Å²) in [6, 6.07) is 12.8. The summed E-state index contributed by atoms with van der Waals surface area (Å²) in [6.45, 7) is 3.04. The standard InChI is InChI=1S/C23H26N4O.ClH/c1-16(26-13-17-7-8-19-14-24-11-9-18(19)12-17)4-2-6-22(28)21-15-27-23-20(21)5-3-10-25-23;/h3,5,7-12,14-16,22,26,28H,2,4,6,13H2,1H3,(H,25,27);1H/t16-,22?;/m1./s1. The number of nitrogens with zero attached hydrogens (tertiary/aromatic N) is 2. The molecule has 4 rings (SSSR count). The molecule has 0 fully saturated rings. The zero-order valence-electron chi connectivity index (χ0n) is 16.5. The Labute approximate surface area is 177 Å². The molecule has 0 amide bonds. The van der Waals surface area contributed by atoms with Crippen LogP contribution in [0.4, 0.5) is 0 Å². The van der Waals surface area contributed by atoms with Crippen molar-refractivity contribution in [2.24, 2.45) is 0 Å². The number of hydrogen-bond donors (Lipinski definition) is 3. The molecular formula is C23H27ClN4O. The van der Waals surface area contributed by atoms with Crippen LogP contribution in [-0.4, -0.2) is 26.1 Å². The molecule has 0 saturated carbocycles. The van der Waals surface area contributed by atoms with Gasteiger partial charge in [-0.3, -0.25) is 4.98 Å². The molecule has 152 valence electrons. The Morgan fingerprint density at radius 2 is 2.00 bits per heavy atom. The van der Waals surface area contributed by atoms with Crippen LogP contribution in [0, 0.1) is 0 Å². The Balaban J connectivity index is 0.00000240.